The maximum Gasteiger partial charge on any atom is 0.161 e. The number of rotatable bonds is 7. The van der Waals surface area contributed by atoms with Gasteiger partial charge in [0.1, 0.15) is 6.61 Å². The van der Waals surface area contributed by atoms with E-state index < -0.39 is 0 Å². The van der Waals surface area contributed by atoms with Crippen LogP contribution in [-0.4, -0.2) is 38.2 Å². The van der Waals surface area contributed by atoms with E-state index in [1.165, 1.54) is 21.9 Å². The van der Waals surface area contributed by atoms with Gasteiger partial charge < -0.3 is 14.8 Å². The molecule has 4 nitrogen and oxygen atoms in total. The van der Waals surface area contributed by atoms with Gasteiger partial charge >= 0.3 is 0 Å². The number of nitrogens with one attached hydrogen (secondary N) is 1. The maximum absolute atomic E-state index is 6.12. The van der Waals surface area contributed by atoms with Crippen LogP contribution in [-0.2, 0) is 6.61 Å². The second-order valence-corrected chi connectivity index (χ2v) is 8.44. The molecule has 1 fully saturated rings. The molecule has 4 aromatic rings. The molecule has 1 aliphatic rings. The van der Waals surface area contributed by atoms with Gasteiger partial charge in [0.05, 0.1) is 13.2 Å². The fourth-order valence-corrected chi connectivity index (χ4v) is 4.73. The first-order valence-electron chi connectivity index (χ1n) is 11.6. The van der Waals surface area contributed by atoms with Crippen LogP contribution in [0.2, 0.25) is 0 Å². The van der Waals surface area contributed by atoms with E-state index in [4.69, 9.17) is 9.47 Å². The molecule has 5 rings (SSSR count). The highest BCUT2D eigenvalue weighted by atomic mass is 16.5. The third-order valence-corrected chi connectivity index (χ3v) is 6.38. The number of hydrogen-bond donors (Lipinski definition) is 1. The Morgan fingerprint density at radius 2 is 1.58 bits per heavy atom. The predicted octanol–water partition coefficient (Wildman–Crippen LogP) is 5.42. The highest BCUT2D eigenvalue weighted by Crippen LogP contribution is 2.38. The molecule has 0 saturated carbocycles. The number of ether oxygens (including phenoxy) is 2. The van der Waals surface area contributed by atoms with Crippen LogP contribution in [0.1, 0.15) is 22.7 Å². The van der Waals surface area contributed by atoms with Gasteiger partial charge in [0, 0.05) is 26.2 Å². The van der Waals surface area contributed by atoms with E-state index in [0.717, 1.165) is 43.2 Å². The topological polar surface area (TPSA) is 33.7 Å². The molecule has 1 aliphatic heterocycles. The summed E-state index contributed by atoms with van der Waals surface area (Å²) in [4.78, 5) is 2.57. The molecule has 4 heteroatoms. The van der Waals surface area contributed by atoms with Crippen LogP contribution in [0.25, 0.3) is 10.8 Å². The molecule has 4 aromatic carbocycles. The molecule has 1 atom stereocenters. The Morgan fingerprint density at radius 3 is 2.39 bits per heavy atom. The van der Waals surface area contributed by atoms with Gasteiger partial charge in [-0.25, -0.2) is 0 Å². The van der Waals surface area contributed by atoms with E-state index in [2.05, 4.69) is 83.0 Å². The molecule has 0 aromatic heterocycles. The minimum atomic E-state index is 0.148. The molecule has 1 N–H and O–H groups in total. The lowest BCUT2D eigenvalue weighted by molar-refractivity contribution is 0.199. The van der Waals surface area contributed by atoms with E-state index in [1.54, 1.807) is 7.11 Å². The van der Waals surface area contributed by atoms with Crippen molar-refractivity contribution in [2.45, 2.75) is 12.6 Å². The summed E-state index contributed by atoms with van der Waals surface area (Å²) in [5.41, 5.74) is 3.69. The zero-order valence-corrected chi connectivity index (χ0v) is 19.0. The van der Waals surface area contributed by atoms with E-state index in [1.807, 2.05) is 18.2 Å². The first kappa shape index (κ1) is 21.5. The third kappa shape index (κ3) is 4.72. The average molecular weight is 439 g/mol. The molecule has 168 valence electrons. The fourth-order valence-electron chi connectivity index (χ4n) is 4.73. The summed E-state index contributed by atoms with van der Waals surface area (Å²) in [7, 11) is 1.71. The Bertz CT molecular complexity index is 1200. The van der Waals surface area contributed by atoms with Gasteiger partial charge in [0.2, 0.25) is 0 Å². The van der Waals surface area contributed by atoms with E-state index >= 15 is 0 Å². The summed E-state index contributed by atoms with van der Waals surface area (Å²) >= 11 is 0. The molecule has 1 unspecified atom stereocenters. The van der Waals surface area contributed by atoms with Crippen molar-refractivity contribution < 1.29 is 9.47 Å². The van der Waals surface area contributed by atoms with Crippen LogP contribution < -0.4 is 14.8 Å². The Kier molecular flexibility index (Phi) is 6.56. The van der Waals surface area contributed by atoms with Gasteiger partial charge in [-0.2, -0.15) is 0 Å². The third-order valence-electron chi connectivity index (χ3n) is 6.38. The predicted molar refractivity (Wildman–Crippen MR) is 134 cm³/mol. The second kappa shape index (κ2) is 10.1. The number of hydrogen-bond acceptors (Lipinski definition) is 4. The van der Waals surface area contributed by atoms with Crippen LogP contribution >= 0.6 is 0 Å². The molecule has 33 heavy (non-hydrogen) atoms. The lowest BCUT2D eigenvalue weighted by Crippen LogP contribution is -2.45. The molecular weight excluding hydrogens is 408 g/mol. The van der Waals surface area contributed by atoms with Gasteiger partial charge in [-0.15, -0.1) is 0 Å². The van der Waals surface area contributed by atoms with Crippen LogP contribution in [0.15, 0.2) is 91.0 Å². The summed E-state index contributed by atoms with van der Waals surface area (Å²) < 4.78 is 11.9. The summed E-state index contributed by atoms with van der Waals surface area (Å²) in [5.74, 6) is 1.53. The van der Waals surface area contributed by atoms with Crippen molar-refractivity contribution in [3.8, 4) is 11.5 Å². The standard InChI is InChI=1S/C29H30N2O2/c1-32-28-20-24(14-15-27(28)33-21-22-8-3-2-4-9-22)29(31-18-16-30-17-19-31)26-13-7-11-23-10-5-6-12-25(23)26/h2-15,20,29-30H,16-19,21H2,1H3. The summed E-state index contributed by atoms with van der Waals surface area (Å²) in [5, 5.41) is 6.05. The van der Waals surface area contributed by atoms with Crippen molar-refractivity contribution in [3.05, 3.63) is 108 Å². The lowest BCUT2D eigenvalue weighted by Gasteiger charge is -2.36. The van der Waals surface area contributed by atoms with Gasteiger partial charge in [0.25, 0.3) is 0 Å². The number of fused-ring (bicyclic) bond motifs is 1. The highest BCUT2D eigenvalue weighted by molar-refractivity contribution is 5.86. The minimum Gasteiger partial charge on any atom is -0.493 e. The largest absolute Gasteiger partial charge is 0.493 e. The van der Waals surface area contributed by atoms with E-state index in [0.29, 0.717) is 6.61 Å². The quantitative estimate of drug-likeness (QED) is 0.418. The van der Waals surface area contributed by atoms with Gasteiger partial charge in [0.15, 0.2) is 11.5 Å². The van der Waals surface area contributed by atoms with Crippen molar-refractivity contribution in [2.75, 3.05) is 33.3 Å². The van der Waals surface area contributed by atoms with Gasteiger partial charge in [-0.3, -0.25) is 4.90 Å². The summed E-state index contributed by atoms with van der Waals surface area (Å²) in [6.07, 6.45) is 0. The number of nitrogens with zero attached hydrogens (tertiary/aromatic N) is 1. The average Bonchev–Trinajstić information content (AvgIpc) is 2.89. The number of piperazine rings is 1. The Labute approximate surface area is 195 Å². The molecule has 0 radical (unpaired) electrons. The minimum absolute atomic E-state index is 0.148. The van der Waals surface area contributed by atoms with Crippen LogP contribution in [0, 0.1) is 0 Å². The molecule has 0 bridgehead atoms. The molecule has 1 saturated heterocycles. The maximum atomic E-state index is 6.12. The monoisotopic (exact) mass is 438 g/mol. The van der Waals surface area contributed by atoms with Crippen LogP contribution in [0.3, 0.4) is 0 Å². The van der Waals surface area contributed by atoms with Gasteiger partial charge in [-0.05, 0) is 39.6 Å². The normalized spacial score (nSPS) is 15.3. The summed E-state index contributed by atoms with van der Waals surface area (Å²) in [6.45, 7) is 4.51. The smallest absolute Gasteiger partial charge is 0.161 e. The molecule has 0 aliphatic carbocycles. The van der Waals surface area contributed by atoms with Crippen LogP contribution in [0.5, 0.6) is 11.5 Å². The number of benzene rings is 4. The SMILES string of the molecule is COc1cc(C(c2cccc3ccccc23)N2CCNCC2)ccc1OCc1ccccc1. The Balaban J connectivity index is 1.52. The van der Waals surface area contributed by atoms with Gasteiger partial charge in [-0.1, -0.05) is 78.9 Å². The molecule has 0 spiro atoms. The second-order valence-electron chi connectivity index (χ2n) is 8.44. The molecule has 1 heterocycles. The van der Waals surface area contributed by atoms with Crippen molar-refractivity contribution in [3.63, 3.8) is 0 Å². The highest BCUT2D eigenvalue weighted by Gasteiger charge is 2.26. The Hall–Kier alpha value is -3.34. The van der Waals surface area contributed by atoms with E-state index in [-0.39, 0.29) is 6.04 Å². The van der Waals surface area contributed by atoms with Crippen LogP contribution in [0.4, 0.5) is 0 Å². The lowest BCUT2D eigenvalue weighted by atomic mass is 9.92. The first-order valence-corrected chi connectivity index (χ1v) is 11.6. The fraction of sp³-hybridized carbons (Fsp3) is 0.241. The Morgan fingerprint density at radius 1 is 0.818 bits per heavy atom. The van der Waals surface area contributed by atoms with Crippen molar-refractivity contribution in [1.29, 1.82) is 0 Å². The molecular formula is C29H30N2O2. The molecule has 0 amide bonds. The summed E-state index contributed by atoms with van der Waals surface area (Å²) in [6, 6.07) is 32.0. The number of methoxy groups -OCH3 is 1. The van der Waals surface area contributed by atoms with Crippen molar-refractivity contribution >= 4 is 10.8 Å². The van der Waals surface area contributed by atoms with Crippen molar-refractivity contribution in [1.82, 2.24) is 10.2 Å². The zero-order valence-electron chi connectivity index (χ0n) is 19.0. The first-order chi connectivity index (χ1) is 16.3. The zero-order chi connectivity index (χ0) is 22.5. The van der Waals surface area contributed by atoms with Crippen molar-refractivity contribution in [2.24, 2.45) is 0 Å². The van der Waals surface area contributed by atoms with E-state index in [9.17, 15) is 0 Å².